The Bertz CT molecular complexity index is 338. The Labute approximate surface area is 89.2 Å². The SMILES string of the molecule is CNC(=O)C(C)Oc1ccccc1OC. The highest BCUT2D eigenvalue weighted by Crippen LogP contribution is 2.26. The van der Waals surface area contributed by atoms with Crippen LogP contribution >= 0.6 is 0 Å². The number of rotatable bonds is 4. The topological polar surface area (TPSA) is 47.6 Å². The fourth-order valence-corrected chi connectivity index (χ4v) is 1.16. The normalized spacial score (nSPS) is 11.7. The van der Waals surface area contributed by atoms with Gasteiger partial charge < -0.3 is 14.8 Å². The highest BCUT2D eigenvalue weighted by molar-refractivity contribution is 5.80. The lowest BCUT2D eigenvalue weighted by atomic mass is 10.3. The molecule has 1 aromatic rings. The molecule has 0 aliphatic heterocycles. The summed E-state index contributed by atoms with van der Waals surface area (Å²) in [5, 5.41) is 2.52. The summed E-state index contributed by atoms with van der Waals surface area (Å²) in [6.07, 6.45) is -0.536. The lowest BCUT2D eigenvalue weighted by Crippen LogP contribution is -2.33. The summed E-state index contributed by atoms with van der Waals surface area (Å²) in [7, 11) is 3.14. The molecule has 1 unspecified atom stereocenters. The second-order valence-electron chi connectivity index (χ2n) is 3.03. The molecule has 0 spiro atoms. The van der Waals surface area contributed by atoms with E-state index in [2.05, 4.69) is 5.32 Å². The van der Waals surface area contributed by atoms with Gasteiger partial charge in [0.2, 0.25) is 0 Å². The van der Waals surface area contributed by atoms with Crippen LogP contribution in [0.15, 0.2) is 24.3 Å². The van der Waals surface area contributed by atoms with Crippen LogP contribution in [0.1, 0.15) is 6.92 Å². The van der Waals surface area contributed by atoms with E-state index in [0.29, 0.717) is 11.5 Å². The number of amides is 1. The standard InChI is InChI=1S/C11H15NO3/c1-8(11(13)12-2)15-10-7-5-4-6-9(10)14-3/h4-8H,1-3H3,(H,12,13). The van der Waals surface area contributed by atoms with Gasteiger partial charge in [0, 0.05) is 7.05 Å². The van der Waals surface area contributed by atoms with Crippen molar-refractivity contribution in [3.63, 3.8) is 0 Å². The fraction of sp³-hybridized carbons (Fsp3) is 0.364. The van der Waals surface area contributed by atoms with Gasteiger partial charge in [-0.05, 0) is 19.1 Å². The largest absolute Gasteiger partial charge is 0.493 e. The van der Waals surface area contributed by atoms with Crippen molar-refractivity contribution in [2.24, 2.45) is 0 Å². The van der Waals surface area contributed by atoms with Gasteiger partial charge in [0.25, 0.3) is 5.91 Å². The first-order chi connectivity index (χ1) is 7.19. The molecule has 1 rings (SSSR count). The van der Waals surface area contributed by atoms with Crippen molar-refractivity contribution in [2.75, 3.05) is 14.2 Å². The third-order valence-electron chi connectivity index (χ3n) is 1.99. The Morgan fingerprint density at radius 3 is 2.47 bits per heavy atom. The van der Waals surface area contributed by atoms with Crippen molar-refractivity contribution in [3.05, 3.63) is 24.3 Å². The van der Waals surface area contributed by atoms with E-state index in [1.54, 1.807) is 33.2 Å². The molecule has 0 saturated carbocycles. The van der Waals surface area contributed by atoms with Crippen molar-refractivity contribution in [3.8, 4) is 11.5 Å². The number of hydrogen-bond acceptors (Lipinski definition) is 3. The smallest absolute Gasteiger partial charge is 0.260 e. The minimum Gasteiger partial charge on any atom is -0.493 e. The number of likely N-dealkylation sites (N-methyl/N-ethyl adjacent to an activating group) is 1. The molecule has 0 aromatic heterocycles. The average molecular weight is 209 g/mol. The second kappa shape index (κ2) is 5.24. The van der Waals surface area contributed by atoms with Crippen LogP contribution in [0.3, 0.4) is 0 Å². The molecule has 0 fully saturated rings. The van der Waals surface area contributed by atoms with Gasteiger partial charge in [0.05, 0.1) is 7.11 Å². The van der Waals surface area contributed by atoms with Crippen molar-refractivity contribution < 1.29 is 14.3 Å². The maximum atomic E-state index is 11.2. The lowest BCUT2D eigenvalue weighted by Gasteiger charge is -2.15. The highest BCUT2D eigenvalue weighted by Gasteiger charge is 2.14. The zero-order valence-corrected chi connectivity index (χ0v) is 9.11. The first kappa shape index (κ1) is 11.4. The van der Waals surface area contributed by atoms with Gasteiger partial charge >= 0.3 is 0 Å². The molecule has 82 valence electrons. The van der Waals surface area contributed by atoms with E-state index in [1.165, 1.54) is 0 Å². The lowest BCUT2D eigenvalue weighted by molar-refractivity contribution is -0.126. The first-order valence-electron chi connectivity index (χ1n) is 4.70. The molecule has 1 amide bonds. The first-order valence-corrected chi connectivity index (χ1v) is 4.70. The molecule has 0 radical (unpaired) electrons. The summed E-state index contributed by atoms with van der Waals surface area (Å²) in [5.41, 5.74) is 0. The van der Waals surface area contributed by atoms with E-state index < -0.39 is 6.10 Å². The Morgan fingerprint density at radius 1 is 1.33 bits per heavy atom. The van der Waals surface area contributed by atoms with Crippen LogP contribution in [-0.2, 0) is 4.79 Å². The summed E-state index contributed by atoms with van der Waals surface area (Å²) in [5.74, 6) is 1.02. The molecule has 0 heterocycles. The van der Waals surface area contributed by atoms with E-state index >= 15 is 0 Å². The maximum Gasteiger partial charge on any atom is 0.260 e. The number of carbonyl (C=O) groups excluding carboxylic acids is 1. The van der Waals surface area contributed by atoms with Crippen LogP contribution in [0, 0.1) is 0 Å². The zero-order chi connectivity index (χ0) is 11.3. The van der Waals surface area contributed by atoms with Gasteiger partial charge in [0.1, 0.15) is 0 Å². The summed E-state index contributed by atoms with van der Waals surface area (Å²) in [4.78, 5) is 11.2. The summed E-state index contributed by atoms with van der Waals surface area (Å²) >= 11 is 0. The molecule has 0 aliphatic carbocycles. The van der Waals surface area contributed by atoms with Crippen LogP contribution in [0.5, 0.6) is 11.5 Å². The van der Waals surface area contributed by atoms with Gasteiger partial charge in [-0.25, -0.2) is 0 Å². The van der Waals surface area contributed by atoms with Crippen LogP contribution in [0.2, 0.25) is 0 Å². The monoisotopic (exact) mass is 209 g/mol. The van der Waals surface area contributed by atoms with Gasteiger partial charge in [0.15, 0.2) is 17.6 Å². The van der Waals surface area contributed by atoms with E-state index in [1.807, 2.05) is 12.1 Å². The van der Waals surface area contributed by atoms with Gasteiger partial charge in [-0.1, -0.05) is 12.1 Å². The molecule has 1 atom stereocenters. The van der Waals surface area contributed by atoms with Crippen LogP contribution in [0.4, 0.5) is 0 Å². The van der Waals surface area contributed by atoms with E-state index in [9.17, 15) is 4.79 Å². The number of para-hydroxylation sites is 2. The van der Waals surface area contributed by atoms with Crippen LogP contribution in [-0.4, -0.2) is 26.2 Å². The van der Waals surface area contributed by atoms with E-state index in [4.69, 9.17) is 9.47 Å². The number of hydrogen-bond donors (Lipinski definition) is 1. The zero-order valence-electron chi connectivity index (χ0n) is 9.11. The average Bonchev–Trinajstić information content (AvgIpc) is 2.28. The van der Waals surface area contributed by atoms with Crippen LogP contribution < -0.4 is 14.8 Å². The maximum absolute atomic E-state index is 11.2. The van der Waals surface area contributed by atoms with E-state index in [-0.39, 0.29) is 5.91 Å². The van der Waals surface area contributed by atoms with Gasteiger partial charge in [-0.3, -0.25) is 4.79 Å². The Kier molecular flexibility index (Phi) is 3.97. The minimum atomic E-state index is -0.536. The molecule has 15 heavy (non-hydrogen) atoms. The fourth-order valence-electron chi connectivity index (χ4n) is 1.16. The Balaban J connectivity index is 2.75. The van der Waals surface area contributed by atoms with Crippen molar-refractivity contribution in [1.29, 1.82) is 0 Å². The summed E-state index contributed by atoms with van der Waals surface area (Å²) in [6, 6.07) is 7.22. The molecule has 1 N–H and O–H groups in total. The second-order valence-corrected chi connectivity index (χ2v) is 3.03. The van der Waals surface area contributed by atoms with Gasteiger partial charge in [-0.15, -0.1) is 0 Å². The predicted octanol–water partition coefficient (Wildman–Crippen LogP) is 1.21. The number of methoxy groups -OCH3 is 1. The molecule has 1 aromatic carbocycles. The summed E-state index contributed by atoms with van der Waals surface area (Å²) in [6.45, 7) is 1.69. The number of ether oxygens (including phenoxy) is 2. The molecule has 4 heteroatoms. The predicted molar refractivity (Wildman–Crippen MR) is 57.2 cm³/mol. The molecule has 0 bridgehead atoms. The number of nitrogens with one attached hydrogen (secondary N) is 1. The minimum absolute atomic E-state index is 0.166. The number of benzene rings is 1. The van der Waals surface area contributed by atoms with Crippen molar-refractivity contribution >= 4 is 5.91 Å². The number of carbonyl (C=O) groups is 1. The molecule has 0 aliphatic rings. The third kappa shape index (κ3) is 2.87. The van der Waals surface area contributed by atoms with E-state index in [0.717, 1.165) is 0 Å². The van der Waals surface area contributed by atoms with Crippen molar-refractivity contribution in [2.45, 2.75) is 13.0 Å². The van der Waals surface area contributed by atoms with Crippen LogP contribution in [0.25, 0.3) is 0 Å². The quantitative estimate of drug-likeness (QED) is 0.810. The van der Waals surface area contributed by atoms with Gasteiger partial charge in [-0.2, -0.15) is 0 Å². The van der Waals surface area contributed by atoms with Crippen molar-refractivity contribution in [1.82, 2.24) is 5.32 Å². The third-order valence-corrected chi connectivity index (χ3v) is 1.99. The highest BCUT2D eigenvalue weighted by atomic mass is 16.5. The molecule has 0 saturated heterocycles. The summed E-state index contributed by atoms with van der Waals surface area (Å²) < 4.78 is 10.6. The Hall–Kier alpha value is -1.71. The molecular weight excluding hydrogens is 194 g/mol. The molecule has 4 nitrogen and oxygen atoms in total. The Morgan fingerprint density at radius 2 is 1.93 bits per heavy atom. The molecular formula is C11H15NO3.